The lowest BCUT2D eigenvalue weighted by Gasteiger charge is -2.46. The maximum absolute atomic E-state index is 12.2. The molecule has 34 heavy (non-hydrogen) atoms. The third kappa shape index (κ3) is 7.56. The van der Waals surface area contributed by atoms with E-state index in [2.05, 4.69) is 37.4 Å². The standard InChI is InChI=1S/C23H35N3O7Si/c1-7-13-30-22(28)32-20-18(25-26-24)21(33-34(5,6)23(2,3)4)31-17(19(20)27)15-29-14-16-11-9-8-10-12-16/h7-12,17-21,27H,1,13-15H2,2-6H3/t17-,18-,19-,20-,21?/m1/s1. The van der Waals surface area contributed by atoms with Crippen LogP contribution in [0.1, 0.15) is 26.3 Å². The van der Waals surface area contributed by atoms with E-state index in [1.807, 2.05) is 43.4 Å². The van der Waals surface area contributed by atoms with Crippen LogP contribution in [0.4, 0.5) is 4.79 Å². The molecule has 0 spiro atoms. The Morgan fingerprint density at radius 1 is 1.32 bits per heavy atom. The molecule has 0 radical (unpaired) electrons. The Hall–Kier alpha value is -2.40. The van der Waals surface area contributed by atoms with Gasteiger partial charge in [0.1, 0.15) is 31.0 Å². The Labute approximate surface area is 201 Å². The van der Waals surface area contributed by atoms with E-state index in [4.69, 9.17) is 23.4 Å². The van der Waals surface area contributed by atoms with Crippen LogP contribution in [-0.4, -0.2) is 63.4 Å². The van der Waals surface area contributed by atoms with Crippen molar-refractivity contribution in [2.45, 2.75) is 76.2 Å². The monoisotopic (exact) mass is 493 g/mol. The molecule has 1 aromatic rings. The number of hydrogen-bond acceptors (Lipinski definition) is 8. The van der Waals surface area contributed by atoms with Gasteiger partial charge in [0, 0.05) is 4.91 Å². The number of rotatable bonds is 10. The number of carbonyl (C=O) groups is 1. The van der Waals surface area contributed by atoms with Crippen LogP contribution in [0.5, 0.6) is 0 Å². The number of aliphatic hydroxyl groups excluding tert-OH is 1. The Bertz CT molecular complexity index is 856. The molecule has 0 amide bonds. The van der Waals surface area contributed by atoms with Crippen molar-refractivity contribution >= 4 is 14.5 Å². The number of aliphatic hydroxyl groups is 1. The minimum atomic E-state index is -2.40. The predicted molar refractivity (Wildman–Crippen MR) is 128 cm³/mol. The molecule has 1 aromatic carbocycles. The lowest BCUT2D eigenvalue weighted by atomic mass is 9.97. The number of hydrogen-bond donors (Lipinski definition) is 1. The molecule has 1 unspecified atom stereocenters. The van der Waals surface area contributed by atoms with Gasteiger partial charge in [-0.1, -0.05) is 68.9 Å². The number of azide groups is 1. The van der Waals surface area contributed by atoms with Crippen molar-refractivity contribution < 1.29 is 33.3 Å². The van der Waals surface area contributed by atoms with Crippen molar-refractivity contribution in [1.82, 2.24) is 0 Å². The van der Waals surface area contributed by atoms with Crippen molar-refractivity contribution in [3.63, 3.8) is 0 Å². The molecule has 11 heteroatoms. The van der Waals surface area contributed by atoms with Gasteiger partial charge in [-0.2, -0.15) is 0 Å². The average molecular weight is 494 g/mol. The third-order valence-corrected chi connectivity index (χ3v) is 10.4. The molecule has 0 aromatic heterocycles. The molecule has 0 saturated carbocycles. The average Bonchev–Trinajstić information content (AvgIpc) is 2.77. The summed E-state index contributed by atoms with van der Waals surface area (Å²) >= 11 is 0. The number of carbonyl (C=O) groups excluding carboxylic acids is 1. The summed E-state index contributed by atoms with van der Waals surface area (Å²) in [5.41, 5.74) is 10.1. The molecule has 1 heterocycles. The van der Waals surface area contributed by atoms with Gasteiger partial charge in [-0.25, -0.2) is 4.79 Å². The summed E-state index contributed by atoms with van der Waals surface area (Å²) in [6.07, 6.45) is -4.21. The summed E-state index contributed by atoms with van der Waals surface area (Å²) in [6, 6.07) is 8.41. The summed E-state index contributed by atoms with van der Waals surface area (Å²) in [7, 11) is -2.40. The first-order valence-corrected chi connectivity index (χ1v) is 14.0. The van der Waals surface area contributed by atoms with Crippen LogP contribution < -0.4 is 0 Å². The second kappa shape index (κ2) is 12.3. The zero-order valence-corrected chi connectivity index (χ0v) is 21.4. The minimum Gasteiger partial charge on any atom is -0.430 e. The van der Waals surface area contributed by atoms with Crippen LogP contribution in [-0.2, 0) is 30.0 Å². The van der Waals surface area contributed by atoms with Gasteiger partial charge in [-0.3, -0.25) is 0 Å². The SMILES string of the molecule is C=CCOC(=O)O[C@H]1[C@H](O)[C@@H](COCc2ccccc2)OC(O[Si](C)(C)C(C)(C)C)[C@@H]1N=[N+]=[N-]. The predicted octanol–water partition coefficient (Wildman–Crippen LogP) is 4.70. The molecule has 188 valence electrons. The van der Waals surface area contributed by atoms with Crippen LogP contribution >= 0.6 is 0 Å². The van der Waals surface area contributed by atoms with Gasteiger partial charge in [0.25, 0.3) is 0 Å². The lowest BCUT2D eigenvalue weighted by molar-refractivity contribution is -0.248. The highest BCUT2D eigenvalue weighted by Crippen LogP contribution is 2.40. The number of benzene rings is 1. The fourth-order valence-corrected chi connectivity index (χ4v) is 4.19. The van der Waals surface area contributed by atoms with E-state index < -0.39 is 45.1 Å². The minimum absolute atomic E-state index is 0.00201. The second-order valence-electron chi connectivity index (χ2n) is 9.54. The van der Waals surface area contributed by atoms with Gasteiger partial charge < -0.3 is 28.5 Å². The highest BCUT2D eigenvalue weighted by Gasteiger charge is 2.51. The van der Waals surface area contributed by atoms with Crippen LogP contribution in [0, 0.1) is 0 Å². The van der Waals surface area contributed by atoms with E-state index >= 15 is 0 Å². The maximum Gasteiger partial charge on any atom is 0.508 e. The van der Waals surface area contributed by atoms with Gasteiger partial charge in [-0.15, -0.1) is 0 Å². The topological polar surface area (TPSA) is 132 Å². The van der Waals surface area contributed by atoms with E-state index in [0.29, 0.717) is 6.61 Å². The first-order chi connectivity index (χ1) is 16.0. The highest BCUT2D eigenvalue weighted by molar-refractivity contribution is 6.74. The van der Waals surface area contributed by atoms with E-state index in [0.717, 1.165) is 5.56 Å². The van der Waals surface area contributed by atoms with Crippen molar-refractivity contribution in [2.75, 3.05) is 13.2 Å². The van der Waals surface area contributed by atoms with Crippen LogP contribution in [0.25, 0.3) is 10.4 Å². The van der Waals surface area contributed by atoms with Crippen LogP contribution in [0.15, 0.2) is 48.1 Å². The molecular formula is C23H35N3O7Si. The van der Waals surface area contributed by atoms with Gasteiger partial charge in [0.05, 0.1) is 13.2 Å². The van der Waals surface area contributed by atoms with E-state index in [9.17, 15) is 15.4 Å². The molecule has 1 saturated heterocycles. The van der Waals surface area contributed by atoms with E-state index in [-0.39, 0.29) is 18.3 Å². The van der Waals surface area contributed by atoms with Crippen LogP contribution in [0.3, 0.4) is 0 Å². The van der Waals surface area contributed by atoms with Crippen molar-refractivity contribution in [1.29, 1.82) is 0 Å². The van der Waals surface area contributed by atoms with Crippen molar-refractivity contribution in [2.24, 2.45) is 5.11 Å². The van der Waals surface area contributed by atoms with E-state index in [1.54, 1.807) is 0 Å². The van der Waals surface area contributed by atoms with Crippen molar-refractivity contribution in [3.05, 3.63) is 59.0 Å². The summed E-state index contributed by atoms with van der Waals surface area (Å²) in [5.74, 6) is 0. The Balaban J connectivity index is 2.26. The Morgan fingerprint density at radius 2 is 2.00 bits per heavy atom. The maximum atomic E-state index is 12.2. The molecule has 0 aliphatic carbocycles. The summed E-state index contributed by atoms with van der Waals surface area (Å²) < 4.78 is 28.5. The normalized spacial score (nSPS) is 25.2. The Kier molecular flexibility index (Phi) is 10.1. The fourth-order valence-electron chi connectivity index (χ4n) is 3.06. The largest absolute Gasteiger partial charge is 0.508 e. The van der Waals surface area contributed by atoms with E-state index in [1.165, 1.54) is 6.08 Å². The van der Waals surface area contributed by atoms with Crippen LogP contribution in [0.2, 0.25) is 18.1 Å². The van der Waals surface area contributed by atoms with Gasteiger partial charge in [-0.05, 0) is 29.2 Å². The molecular weight excluding hydrogens is 458 g/mol. The first kappa shape index (κ1) is 27.8. The zero-order valence-electron chi connectivity index (χ0n) is 20.4. The molecule has 2 rings (SSSR count). The quantitative estimate of drug-likeness (QED) is 0.125. The van der Waals surface area contributed by atoms with Gasteiger partial charge >= 0.3 is 6.16 Å². The summed E-state index contributed by atoms with van der Waals surface area (Å²) in [6.45, 7) is 13.9. The summed E-state index contributed by atoms with van der Waals surface area (Å²) in [4.78, 5) is 15.1. The molecule has 0 bridgehead atoms. The highest BCUT2D eigenvalue weighted by atomic mass is 28.4. The summed E-state index contributed by atoms with van der Waals surface area (Å²) in [5, 5.41) is 14.6. The molecule has 1 aliphatic heterocycles. The first-order valence-electron chi connectivity index (χ1n) is 11.1. The van der Waals surface area contributed by atoms with Gasteiger partial charge in [0.15, 0.2) is 14.6 Å². The van der Waals surface area contributed by atoms with Crippen molar-refractivity contribution in [3.8, 4) is 0 Å². The Morgan fingerprint density at radius 3 is 2.59 bits per heavy atom. The fraction of sp³-hybridized carbons (Fsp3) is 0.609. The number of nitrogens with zero attached hydrogens (tertiary/aromatic N) is 3. The molecule has 1 aliphatic rings. The molecule has 10 nitrogen and oxygen atoms in total. The van der Waals surface area contributed by atoms with Gasteiger partial charge in [0.2, 0.25) is 0 Å². The molecule has 5 atom stereocenters. The third-order valence-electron chi connectivity index (χ3n) is 5.99. The molecule has 1 N–H and O–H groups in total. The lowest BCUT2D eigenvalue weighted by Crippen LogP contribution is -2.62. The smallest absolute Gasteiger partial charge is 0.430 e. The second-order valence-corrected chi connectivity index (χ2v) is 14.3. The molecule has 1 fully saturated rings. The zero-order chi connectivity index (χ0) is 25.4. The number of ether oxygens (including phenoxy) is 4.